The lowest BCUT2D eigenvalue weighted by Gasteiger charge is -2.06. The quantitative estimate of drug-likeness (QED) is 0.848. The van der Waals surface area contributed by atoms with Gasteiger partial charge in [-0.15, -0.1) is 0 Å². The van der Waals surface area contributed by atoms with E-state index in [2.05, 4.69) is 26.4 Å². The molecule has 2 heterocycles. The van der Waals surface area contributed by atoms with E-state index in [0.717, 1.165) is 30.2 Å². The normalized spacial score (nSPS) is 10.6. The van der Waals surface area contributed by atoms with Gasteiger partial charge in [0.15, 0.2) is 5.82 Å². The van der Waals surface area contributed by atoms with Gasteiger partial charge in [0.2, 0.25) is 5.95 Å². The number of imidazole rings is 1. The van der Waals surface area contributed by atoms with E-state index in [0.29, 0.717) is 5.95 Å². The number of nitrogens with zero attached hydrogens (tertiary/aromatic N) is 4. The van der Waals surface area contributed by atoms with Crippen molar-refractivity contribution < 1.29 is 0 Å². The van der Waals surface area contributed by atoms with Crippen LogP contribution >= 0.6 is 0 Å². The van der Waals surface area contributed by atoms with Gasteiger partial charge in [0, 0.05) is 24.6 Å². The van der Waals surface area contributed by atoms with Gasteiger partial charge in [0.1, 0.15) is 5.69 Å². The molecule has 2 aromatic heterocycles. The molecule has 0 aromatic carbocycles. The number of nitrogens with two attached hydrogens (primary N) is 1. The van der Waals surface area contributed by atoms with Gasteiger partial charge in [-0.2, -0.15) is 0 Å². The van der Waals surface area contributed by atoms with Crippen molar-refractivity contribution in [1.29, 1.82) is 0 Å². The van der Waals surface area contributed by atoms with Crippen molar-refractivity contribution in [2.75, 3.05) is 5.73 Å². The van der Waals surface area contributed by atoms with Crippen molar-refractivity contribution in [3.05, 3.63) is 24.2 Å². The highest BCUT2D eigenvalue weighted by Crippen LogP contribution is 2.16. The molecule has 2 rings (SSSR count). The Kier molecular flexibility index (Phi) is 2.85. The molecule has 0 aliphatic carbocycles. The van der Waals surface area contributed by atoms with Crippen molar-refractivity contribution in [3.8, 4) is 11.5 Å². The molecule has 0 spiro atoms. The van der Waals surface area contributed by atoms with Crippen LogP contribution < -0.4 is 5.73 Å². The van der Waals surface area contributed by atoms with Gasteiger partial charge in [-0.1, -0.05) is 6.92 Å². The van der Waals surface area contributed by atoms with E-state index in [9.17, 15) is 0 Å². The minimum absolute atomic E-state index is 0.293. The third-order valence-corrected chi connectivity index (χ3v) is 2.28. The topological polar surface area (TPSA) is 69.6 Å². The van der Waals surface area contributed by atoms with Gasteiger partial charge >= 0.3 is 0 Å². The summed E-state index contributed by atoms with van der Waals surface area (Å²) in [5.41, 5.74) is 7.27. The molecule has 16 heavy (non-hydrogen) atoms. The van der Waals surface area contributed by atoms with Crippen LogP contribution in [0.1, 0.15) is 19.0 Å². The molecule has 0 fully saturated rings. The Hall–Kier alpha value is -1.91. The molecular weight excluding hydrogens is 202 g/mol. The molecule has 0 radical (unpaired) electrons. The fraction of sp³-hybridized carbons (Fsp3) is 0.364. The lowest BCUT2D eigenvalue weighted by atomic mass is 10.3. The molecule has 0 saturated carbocycles. The van der Waals surface area contributed by atoms with Gasteiger partial charge in [0.25, 0.3) is 0 Å². The van der Waals surface area contributed by atoms with E-state index in [-0.39, 0.29) is 0 Å². The van der Waals surface area contributed by atoms with E-state index in [1.807, 2.05) is 19.2 Å². The third kappa shape index (κ3) is 2.03. The second kappa shape index (κ2) is 4.30. The standard InChI is InChI=1S/C11H15N5/c1-3-5-16-6-4-13-10(16)9-7-8(2)14-11(12)15-9/h4,6-7H,3,5H2,1-2H3,(H2,12,14,15). The molecule has 0 atom stereocenters. The lowest BCUT2D eigenvalue weighted by molar-refractivity contribution is 0.684. The highest BCUT2D eigenvalue weighted by Gasteiger charge is 2.08. The SMILES string of the molecule is CCCn1ccnc1-c1cc(C)nc(N)n1. The Bertz CT molecular complexity index is 469. The maximum Gasteiger partial charge on any atom is 0.220 e. The number of hydrogen-bond donors (Lipinski definition) is 1. The van der Waals surface area contributed by atoms with Crippen LogP contribution in [0.4, 0.5) is 5.95 Å². The zero-order chi connectivity index (χ0) is 11.5. The molecule has 5 heteroatoms. The second-order valence-electron chi connectivity index (χ2n) is 3.70. The summed E-state index contributed by atoms with van der Waals surface area (Å²) in [7, 11) is 0. The number of rotatable bonds is 3. The first-order valence-corrected chi connectivity index (χ1v) is 5.33. The maximum absolute atomic E-state index is 5.63. The smallest absolute Gasteiger partial charge is 0.220 e. The minimum atomic E-state index is 0.293. The summed E-state index contributed by atoms with van der Waals surface area (Å²) in [4.78, 5) is 12.6. The maximum atomic E-state index is 5.63. The molecule has 0 bridgehead atoms. The second-order valence-corrected chi connectivity index (χ2v) is 3.70. The zero-order valence-corrected chi connectivity index (χ0v) is 9.51. The highest BCUT2D eigenvalue weighted by molar-refractivity contribution is 5.52. The van der Waals surface area contributed by atoms with Crippen LogP contribution in [-0.2, 0) is 6.54 Å². The Morgan fingerprint density at radius 1 is 1.38 bits per heavy atom. The predicted molar refractivity (Wildman–Crippen MR) is 62.7 cm³/mol. The van der Waals surface area contributed by atoms with Crippen LogP contribution in [0, 0.1) is 6.92 Å². The molecule has 2 N–H and O–H groups in total. The largest absolute Gasteiger partial charge is 0.368 e. The van der Waals surface area contributed by atoms with E-state index in [4.69, 9.17) is 5.73 Å². The van der Waals surface area contributed by atoms with Crippen LogP contribution in [0.5, 0.6) is 0 Å². The molecule has 0 saturated heterocycles. The first-order valence-electron chi connectivity index (χ1n) is 5.33. The van der Waals surface area contributed by atoms with Gasteiger partial charge in [-0.25, -0.2) is 15.0 Å². The van der Waals surface area contributed by atoms with Crippen LogP contribution in [-0.4, -0.2) is 19.5 Å². The molecule has 84 valence electrons. The number of anilines is 1. The Balaban J connectivity index is 2.45. The van der Waals surface area contributed by atoms with Gasteiger partial charge in [-0.3, -0.25) is 0 Å². The van der Waals surface area contributed by atoms with Crippen LogP contribution in [0.2, 0.25) is 0 Å². The first kappa shape index (κ1) is 10.6. The van der Waals surface area contributed by atoms with E-state index >= 15 is 0 Å². The highest BCUT2D eigenvalue weighted by atomic mass is 15.1. The summed E-state index contributed by atoms with van der Waals surface area (Å²) >= 11 is 0. The molecular formula is C11H15N5. The number of hydrogen-bond acceptors (Lipinski definition) is 4. The van der Waals surface area contributed by atoms with Crippen molar-refractivity contribution in [3.63, 3.8) is 0 Å². The molecule has 0 unspecified atom stereocenters. The Morgan fingerprint density at radius 2 is 2.19 bits per heavy atom. The summed E-state index contributed by atoms with van der Waals surface area (Å²) in [6, 6.07) is 1.89. The van der Waals surface area contributed by atoms with Gasteiger partial charge in [-0.05, 0) is 19.4 Å². The molecule has 0 aliphatic rings. The predicted octanol–water partition coefficient (Wildman–Crippen LogP) is 1.64. The fourth-order valence-corrected chi connectivity index (χ4v) is 1.67. The average Bonchev–Trinajstić information content (AvgIpc) is 2.65. The van der Waals surface area contributed by atoms with E-state index < -0.39 is 0 Å². The van der Waals surface area contributed by atoms with Crippen molar-refractivity contribution in [1.82, 2.24) is 19.5 Å². The average molecular weight is 217 g/mol. The van der Waals surface area contributed by atoms with E-state index in [1.165, 1.54) is 0 Å². The summed E-state index contributed by atoms with van der Waals surface area (Å²) in [6.45, 7) is 4.95. The number of aryl methyl sites for hydroxylation is 2. The van der Waals surface area contributed by atoms with Crippen LogP contribution in [0.25, 0.3) is 11.5 Å². The van der Waals surface area contributed by atoms with Gasteiger partial charge < -0.3 is 10.3 Å². The lowest BCUT2D eigenvalue weighted by Crippen LogP contribution is -2.03. The van der Waals surface area contributed by atoms with Crippen molar-refractivity contribution in [2.24, 2.45) is 0 Å². The van der Waals surface area contributed by atoms with Crippen LogP contribution in [0.15, 0.2) is 18.5 Å². The molecule has 5 nitrogen and oxygen atoms in total. The fourth-order valence-electron chi connectivity index (χ4n) is 1.67. The first-order chi connectivity index (χ1) is 7.70. The third-order valence-electron chi connectivity index (χ3n) is 2.28. The summed E-state index contributed by atoms with van der Waals surface area (Å²) in [6.07, 6.45) is 4.79. The van der Waals surface area contributed by atoms with Crippen molar-refractivity contribution >= 4 is 5.95 Å². The monoisotopic (exact) mass is 217 g/mol. The summed E-state index contributed by atoms with van der Waals surface area (Å²) in [5, 5.41) is 0. The zero-order valence-electron chi connectivity index (χ0n) is 9.51. The Labute approximate surface area is 94.4 Å². The molecule has 0 aliphatic heterocycles. The molecule has 2 aromatic rings. The number of nitrogen functional groups attached to an aromatic ring is 1. The molecule has 0 amide bonds. The van der Waals surface area contributed by atoms with Crippen molar-refractivity contribution in [2.45, 2.75) is 26.8 Å². The minimum Gasteiger partial charge on any atom is -0.368 e. The van der Waals surface area contributed by atoms with Crippen LogP contribution in [0.3, 0.4) is 0 Å². The Morgan fingerprint density at radius 3 is 2.88 bits per heavy atom. The number of aromatic nitrogens is 4. The summed E-state index contributed by atoms with van der Waals surface area (Å²) in [5.74, 6) is 1.14. The summed E-state index contributed by atoms with van der Waals surface area (Å²) < 4.78 is 2.07. The van der Waals surface area contributed by atoms with E-state index in [1.54, 1.807) is 6.20 Å². The van der Waals surface area contributed by atoms with Gasteiger partial charge in [0.05, 0.1) is 0 Å².